The summed E-state index contributed by atoms with van der Waals surface area (Å²) in [5, 5.41) is 10.9. The van der Waals surface area contributed by atoms with Crippen molar-refractivity contribution < 1.29 is 9.52 Å². The lowest BCUT2D eigenvalue weighted by molar-refractivity contribution is 0.449. The van der Waals surface area contributed by atoms with E-state index >= 15 is 0 Å². The van der Waals surface area contributed by atoms with E-state index in [-0.39, 0.29) is 16.9 Å². The van der Waals surface area contributed by atoms with Crippen LogP contribution in [0.1, 0.15) is 51.0 Å². The first kappa shape index (κ1) is 18.2. The fourth-order valence-corrected chi connectivity index (χ4v) is 3.39. The van der Waals surface area contributed by atoms with Gasteiger partial charge in [-0.15, -0.1) is 0 Å². The molecule has 0 atom stereocenters. The van der Waals surface area contributed by atoms with E-state index in [0.29, 0.717) is 16.5 Å². The molecule has 1 heterocycles. The molecule has 136 valence electrons. The molecule has 26 heavy (non-hydrogen) atoms. The van der Waals surface area contributed by atoms with Crippen LogP contribution in [0.25, 0.3) is 22.3 Å². The lowest BCUT2D eigenvalue weighted by Crippen LogP contribution is -2.06. The minimum atomic E-state index is -0.341. The molecule has 0 spiro atoms. The first-order chi connectivity index (χ1) is 12.7. The Morgan fingerprint density at radius 1 is 0.885 bits per heavy atom. The third kappa shape index (κ3) is 3.98. The van der Waals surface area contributed by atoms with E-state index in [2.05, 4.69) is 6.92 Å². The Labute approximate surface area is 154 Å². The van der Waals surface area contributed by atoms with Crippen molar-refractivity contribution in [2.24, 2.45) is 0 Å². The molecule has 1 N–H and O–H groups in total. The highest BCUT2D eigenvalue weighted by Gasteiger charge is 2.17. The monoisotopic (exact) mass is 350 g/mol. The molecule has 3 aromatic rings. The number of fused-ring (bicyclic) bond motifs is 1. The van der Waals surface area contributed by atoms with E-state index in [1.807, 2.05) is 42.5 Å². The van der Waals surface area contributed by atoms with E-state index in [1.165, 1.54) is 25.7 Å². The molecule has 0 bridgehead atoms. The predicted octanol–water partition coefficient (Wildman–Crippen LogP) is 6.07. The summed E-state index contributed by atoms with van der Waals surface area (Å²) < 4.78 is 5.91. The summed E-state index contributed by atoms with van der Waals surface area (Å²) in [5.74, 6) is -0.0705. The minimum Gasteiger partial charge on any atom is -0.502 e. The molecule has 2 aromatic carbocycles. The molecule has 0 saturated heterocycles. The Morgan fingerprint density at radius 2 is 1.62 bits per heavy atom. The van der Waals surface area contributed by atoms with Gasteiger partial charge in [0.2, 0.25) is 11.2 Å². The van der Waals surface area contributed by atoms with Gasteiger partial charge in [-0.3, -0.25) is 4.79 Å². The molecule has 3 heteroatoms. The summed E-state index contributed by atoms with van der Waals surface area (Å²) >= 11 is 0. The van der Waals surface area contributed by atoms with Crippen LogP contribution in [0, 0.1) is 0 Å². The van der Waals surface area contributed by atoms with Gasteiger partial charge in [-0.1, -0.05) is 81.5 Å². The largest absolute Gasteiger partial charge is 0.502 e. The Bertz CT molecular complexity index is 910. The summed E-state index contributed by atoms with van der Waals surface area (Å²) in [7, 11) is 0. The van der Waals surface area contributed by atoms with Crippen LogP contribution in [0.3, 0.4) is 0 Å². The van der Waals surface area contributed by atoms with Crippen molar-refractivity contribution >= 4 is 11.0 Å². The number of benzene rings is 2. The lowest BCUT2D eigenvalue weighted by atomic mass is 10.0. The molecular weight excluding hydrogens is 324 g/mol. The molecule has 0 fully saturated rings. The zero-order chi connectivity index (χ0) is 18.4. The number of rotatable bonds is 8. The van der Waals surface area contributed by atoms with Gasteiger partial charge in [0.25, 0.3) is 0 Å². The second kappa shape index (κ2) is 8.70. The van der Waals surface area contributed by atoms with E-state index in [1.54, 1.807) is 6.07 Å². The van der Waals surface area contributed by atoms with Crippen molar-refractivity contribution in [3.05, 3.63) is 64.3 Å². The Kier molecular flexibility index (Phi) is 6.11. The quantitative estimate of drug-likeness (QED) is 0.502. The van der Waals surface area contributed by atoms with Crippen molar-refractivity contribution in [1.82, 2.24) is 0 Å². The molecule has 3 rings (SSSR count). The van der Waals surface area contributed by atoms with Gasteiger partial charge in [0.05, 0.1) is 5.39 Å². The Hall–Kier alpha value is -2.55. The van der Waals surface area contributed by atoms with Crippen molar-refractivity contribution in [2.45, 2.75) is 51.9 Å². The van der Waals surface area contributed by atoms with Crippen molar-refractivity contribution in [1.29, 1.82) is 0 Å². The SMILES string of the molecule is CCCCCCCCc1cccc2oc(-c3ccccc3)c(O)c(=O)c12. The van der Waals surface area contributed by atoms with Gasteiger partial charge in [-0.25, -0.2) is 0 Å². The van der Waals surface area contributed by atoms with Crippen molar-refractivity contribution in [3.8, 4) is 17.1 Å². The Balaban J connectivity index is 1.88. The molecule has 0 aliphatic heterocycles. The molecule has 0 aliphatic rings. The highest BCUT2D eigenvalue weighted by atomic mass is 16.4. The van der Waals surface area contributed by atoms with Gasteiger partial charge >= 0.3 is 0 Å². The summed E-state index contributed by atoms with van der Waals surface area (Å²) in [6.45, 7) is 2.21. The molecule has 1 aromatic heterocycles. The number of unbranched alkanes of at least 4 members (excludes halogenated alkanes) is 5. The van der Waals surface area contributed by atoms with Gasteiger partial charge in [-0.2, -0.15) is 0 Å². The predicted molar refractivity (Wildman–Crippen MR) is 107 cm³/mol. The molecule has 0 unspecified atom stereocenters. The van der Waals surface area contributed by atoms with Crippen LogP contribution in [0.2, 0.25) is 0 Å². The fourth-order valence-electron chi connectivity index (χ4n) is 3.39. The minimum absolute atomic E-state index is 0.236. The molecule has 0 amide bonds. The highest BCUT2D eigenvalue weighted by molar-refractivity contribution is 5.84. The zero-order valence-corrected chi connectivity index (χ0v) is 15.3. The third-order valence-corrected chi connectivity index (χ3v) is 4.82. The van der Waals surface area contributed by atoms with Gasteiger partial charge in [0.15, 0.2) is 5.76 Å². The first-order valence-electron chi connectivity index (χ1n) is 9.55. The van der Waals surface area contributed by atoms with Crippen LogP contribution < -0.4 is 5.43 Å². The molecule has 0 saturated carbocycles. The summed E-state index contributed by atoms with van der Waals surface area (Å²) in [5.41, 5.74) is 1.86. The average Bonchev–Trinajstić information content (AvgIpc) is 2.68. The first-order valence-corrected chi connectivity index (χ1v) is 9.55. The molecule has 3 nitrogen and oxygen atoms in total. The normalized spacial score (nSPS) is 11.1. The fraction of sp³-hybridized carbons (Fsp3) is 0.348. The van der Waals surface area contributed by atoms with Crippen LogP contribution in [-0.2, 0) is 6.42 Å². The van der Waals surface area contributed by atoms with Gasteiger partial charge in [0.1, 0.15) is 5.58 Å². The number of aromatic hydroxyl groups is 1. The van der Waals surface area contributed by atoms with Gasteiger partial charge in [0, 0.05) is 5.56 Å². The zero-order valence-electron chi connectivity index (χ0n) is 15.3. The van der Waals surface area contributed by atoms with E-state index < -0.39 is 0 Å². The Morgan fingerprint density at radius 3 is 2.38 bits per heavy atom. The maximum Gasteiger partial charge on any atom is 0.235 e. The summed E-state index contributed by atoms with van der Waals surface area (Å²) in [4.78, 5) is 12.8. The van der Waals surface area contributed by atoms with E-state index in [0.717, 1.165) is 24.8 Å². The summed E-state index contributed by atoms with van der Waals surface area (Å²) in [6.07, 6.45) is 8.07. The van der Waals surface area contributed by atoms with E-state index in [9.17, 15) is 9.90 Å². The van der Waals surface area contributed by atoms with Crippen LogP contribution in [0.5, 0.6) is 5.75 Å². The van der Waals surface area contributed by atoms with Crippen LogP contribution >= 0.6 is 0 Å². The number of hydrogen-bond acceptors (Lipinski definition) is 3. The highest BCUT2D eigenvalue weighted by Crippen LogP contribution is 2.31. The second-order valence-corrected chi connectivity index (χ2v) is 6.78. The standard InChI is InChI=1S/C23H26O3/c1-2-3-4-5-6-8-12-17-15-11-16-19-20(17)21(24)22(25)23(26-19)18-13-9-7-10-14-18/h7,9-11,13-16,25H,2-6,8,12H2,1H3. The summed E-state index contributed by atoms with van der Waals surface area (Å²) in [6, 6.07) is 14.9. The smallest absolute Gasteiger partial charge is 0.235 e. The number of hydrogen-bond donors (Lipinski definition) is 1. The van der Waals surface area contributed by atoms with Crippen LogP contribution in [-0.4, -0.2) is 5.11 Å². The van der Waals surface area contributed by atoms with Crippen LogP contribution in [0.15, 0.2) is 57.7 Å². The second-order valence-electron chi connectivity index (χ2n) is 6.78. The maximum atomic E-state index is 12.8. The van der Waals surface area contributed by atoms with Gasteiger partial charge in [-0.05, 0) is 24.5 Å². The molecular formula is C23H26O3. The molecule has 0 aliphatic carbocycles. The maximum absolute atomic E-state index is 12.8. The lowest BCUT2D eigenvalue weighted by Gasteiger charge is -2.09. The molecule has 0 radical (unpaired) electrons. The third-order valence-electron chi connectivity index (χ3n) is 4.82. The van der Waals surface area contributed by atoms with Gasteiger partial charge < -0.3 is 9.52 Å². The topological polar surface area (TPSA) is 50.4 Å². The average molecular weight is 350 g/mol. The van der Waals surface area contributed by atoms with E-state index in [4.69, 9.17) is 4.42 Å². The van der Waals surface area contributed by atoms with Crippen molar-refractivity contribution in [2.75, 3.05) is 0 Å². The van der Waals surface area contributed by atoms with Crippen LogP contribution in [0.4, 0.5) is 0 Å². The number of aryl methyl sites for hydroxylation is 1. The van der Waals surface area contributed by atoms with Crippen molar-refractivity contribution in [3.63, 3.8) is 0 Å².